The first-order valence-corrected chi connectivity index (χ1v) is 7.35. The maximum Gasteiger partial charge on any atom is 0.124 e. The normalized spacial score (nSPS) is 11.8. The molecule has 0 bridgehead atoms. The molecule has 18 heavy (non-hydrogen) atoms. The van der Waals surface area contributed by atoms with Gasteiger partial charge in [-0.05, 0) is 42.0 Å². The quantitative estimate of drug-likeness (QED) is 0.808. The number of nitrogens with one attached hydrogen (secondary N) is 1. The van der Waals surface area contributed by atoms with Crippen LogP contribution >= 0.6 is 15.9 Å². The molecular weight excluding hydrogens is 293 g/mol. The molecule has 0 amide bonds. The van der Waals surface area contributed by atoms with Crippen LogP contribution in [0, 0.1) is 23.6 Å². The fraction of sp³-hybridized carbons (Fsp3) is 0.600. The third-order valence-electron chi connectivity index (χ3n) is 3.42. The van der Waals surface area contributed by atoms with Gasteiger partial charge in [0.05, 0.1) is 0 Å². The Bertz CT molecular complexity index is 369. The average Bonchev–Trinajstić information content (AvgIpc) is 2.25. The van der Waals surface area contributed by atoms with Crippen molar-refractivity contribution in [3.63, 3.8) is 0 Å². The molecule has 1 N–H and O–H groups in total. The Morgan fingerprint density at radius 3 is 2.28 bits per heavy atom. The van der Waals surface area contributed by atoms with E-state index in [4.69, 9.17) is 0 Å². The first-order valence-electron chi connectivity index (χ1n) is 6.56. The predicted molar refractivity (Wildman–Crippen MR) is 79.0 cm³/mol. The zero-order chi connectivity index (χ0) is 13.7. The number of rotatable bonds is 6. The molecule has 0 atom stereocenters. The molecular formula is C15H23BrFN. The monoisotopic (exact) mass is 315 g/mol. The standard InChI is InChI=1S/C15H23BrFN/c1-10(2)14(11(3)4)9-18-8-12-5-6-13(17)7-15(12)16/h5-7,10-11,14,18H,8-9H2,1-4H3. The Labute approximate surface area is 118 Å². The van der Waals surface area contributed by atoms with E-state index in [0.29, 0.717) is 17.8 Å². The van der Waals surface area contributed by atoms with Gasteiger partial charge in [-0.25, -0.2) is 4.39 Å². The fourth-order valence-electron chi connectivity index (χ4n) is 2.28. The molecule has 3 heteroatoms. The molecule has 0 saturated heterocycles. The van der Waals surface area contributed by atoms with Crippen molar-refractivity contribution in [1.82, 2.24) is 5.32 Å². The molecule has 0 radical (unpaired) electrons. The summed E-state index contributed by atoms with van der Waals surface area (Å²) in [6.07, 6.45) is 0. The van der Waals surface area contributed by atoms with E-state index in [1.807, 2.05) is 6.07 Å². The second-order valence-corrected chi connectivity index (χ2v) is 6.37. The maximum absolute atomic E-state index is 13.0. The molecule has 1 rings (SSSR count). The van der Waals surface area contributed by atoms with Crippen LogP contribution in [0.4, 0.5) is 4.39 Å². The Balaban J connectivity index is 2.50. The number of benzene rings is 1. The largest absolute Gasteiger partial charge is 0.312 e. The van der Waals surface area contributed by atoms with Gasteiger partial charge in [0.1, 0.15) is 5.82 Å². The van der Waals surface area contributed by atoms with Crippen LogP contribution in [0.5, 0.6) is 0 Å². The smallest absolute Gasteiger partial charge is 0.124 e. The highest BCUT2D eigenvalue weighted by Gasteiger charge is 2.16. The molecule has 0 unspecified atom stereocenters. The number of hydrogen-bond donors (Lipinski definition) is 1. The lowest BCUT2D eigenvalue weighted by atomic mass is 9.85. The summed E-state index contributed by atoms with van der Waals surface area (Å²) in [5, 5.41) is 3.47. The lowest BCUT2D eigenvalue weighted by molar-refractivity contribution is 0.275. The van der Waals surface area contributed by atoms with Crippen LogP contribution in [0.1, 0.15) is 33.3 Å². The Hall–Kier alpha value is -0.410. The fourth-order valence-corrected chi connectivity index (χ4v) is 2.77. The first-order chi connectivity index (χ1) is 8.41. The zero-order valence-electron chi connectivity index (χ0n) is 11.6. The molecule has 1 aromatic rings. The van der Waals surface area contributed by atoms with Gasteiger partial charge in [0.2, 0.25) is 0 Å². The molecule has 0 aliphatic carbocycles. The van der Waals surface area contributed by atoms with Gasteiger partial charge in [0, 0.05) is 11.0 Å². The topological polar surface area (TPSA) is 12.0 Å². The average molecular weight is 316 g/mol. The van der Waals surface area contributed by atoms with E-state index in [-0.39, 0.29) is 5.82 Å². The van der Waals surface area contributed by atoms with Crippen molar-refractivity contribution >= 4 is 15.9 Å². The van der Waals surface area contributed by atoms with Gasteiger partial charge in [-0.15, -0.1) is 0 Å². The minimum absolute atomic E-state index is 0.201. The summed E-state index contributed by atoms with van der Waals surface area (Å²) in [7, 11) is 0. The van der Waals surface area contributed by atoms with Crippen molar-refractivity contribution in [2.45, 2.75) is 34.2 Å². The van der Waals surface area contributed by atoms with Crippen LogP contribution in [-0.2, 0) is 6.54 Å². The summed E-state index contributed by atoms with van der Waals surface area (Å²) >= 11 is 3.39. The summed E-state index contributed by atoms with van der Waals surface area (Å²) < 4.78 is 13.8. The van der Waals surface area contributed by atoms with Crippen molar-refractivity contribution < 1.29 is 4.39 Å². The summed E-state index contributed by atoms with van der Waals surface area (Å²) in [4.78, 5) is 0. The molecule has 1 nitrogen and oxygen atoms in total. The molecule has 0 spiro atoms. The minimum Gasteiger partial charge on any atom is -0.312 e. The van der Waals surface area contributed by atoms with E-state index in [9.17, 15) is 4.39 Å². The minimum atomic E-state index is -0.201. The van der Waals surface area contributed by atoms with Crippen molar-refractivity contribution in [1.29, 1.82) is 0 Å². The molecule has 0 aliphatic rings. The van der Waals surface area contributed by atoms with Gasteiger partial charge in [0.25, 0.3) is 0 Å². The van der Waals surface area contributed by atoms with Crippen molar-refractivity contribution in [2.75, 3.05) is 6.54 Å². The van der Waals surface area contributed by atoms with Gasteiger partial charge >= 0.3 is 0 Å². The van der Waals surface area contributed by atoms with Crippen molar-refractivity contribution in [3.05, 3.63) is 34.1 Å². The van der Waals surface area contributed by atoms with Crippen LogP contribution in [0.25, 0.3) is 0 Å². The summed E-state index contributed by atoms with van der Waals surface area (Å²) in [5.41, 5.74) is 1.10. The third-order valence-corrected chi connectivity index (χ3v) is 4.16. The molecule has 1 aromatic carbocycles. The molecule has 0 saturated carbocycles. The van der Waals surface area contributed by atoms with E-state index < -0.39 is 0 Å². The molecule has 0 fully saturated rings. The summed E-state index contributed by atoms with van der Waals surface area (Å²) in [6, 6.07) is 4.84. The highest BCUT2D eigenvalue weighted by atomic mass is 79.9. The number of halogens is 2. The van der Waals surface area contributed by atoms with Crippen molar-refractivity contribution in [3.8, 4) is 0 Å². The summed E-state index contributed by atoms with van der Waals surface area (Å²) in [5.74, 6) is 1.82. The summed E-state index contributed by atoms with van der Waals surface area (Å²) in [6.45, 7) is 10.8. The highest BCUT2D eigenvalue weighted by Crippen LogP contribution is 2.21. The Kier molecular flexibility index (Phi) is 6.30. The van der Waals surface area contributed by atoms with Crippen LogP contribution in [0.2, 0.25) is 0 Å². The van der Waals surface area contributed by atoms with Crippen LogP contribution in [0.3, 0.4) is 0 Å². The lowest BCUT2D eigenvalue weighted by Gasteiger charge is -2.25. The maximum atomic E-state index is 13.0. The van der Waals surface area contributed by atoms with Crippen LogP contribution in [0.15, 0.2) is 22.7 Å². The second kappa shape index (κ2) is 7.25. The van der Waals surface area contributed by atoms with E-state index in [1.165, 1.54) is 12.1 Å². The Morgan fingerprint density at radius 2 is 1.78 bits per heavy atom. The predicted octanol–water partition coefficient (Wildman–Crippen LogP) is 4.61. The second-order valence-electron chi connectivity index (χ2n) is 5.52. The molecule has 0 aliphatic heterocycles. The van der Waals surface area contributed by atoms with Crippen LogP contribution < -0.4 is 5.32 Å². The molecule has 102 valence electrons. The van der Waals surface area contributed by atoms with E-state index >= 15 is 0 Å². The van der Waals surface area contributed by atoms with Gasteiger partial charge in [-0.1, -0.05) is 49.7 Å². The van der Waals surface area contributed by atoms with Gasteiger partial charge in [-0.3, -0.25) is 0 Å². The Morgan fingerprint density at radius 1 is 1.17 bits per heavy atom. The molecule has 0 aromatic heterocycles. The first kappa shape index (κ1) is 15.6. The van der Waals surface area contributed by atoms with Crippen LogP contribution in [-0.4, -0.2) is 6.54 Å². The van der Waals surface area contributed by atoms with E-state index in [0.717, 1.165) is 23.1 Å². The molecule has 0 heterocycles. The lowest BCUT2D eigenvalue weighted by Crippen LogP contribution is -2.29. The van der Waals surface area contributed by atoms with E-state index in [1.54, 1.807) is 0 Å². The van der Waals surface area contributed by atoms with Gasteiger partial charge < -0.3 is 5.32 Å². The van der Waals surface area contributed by atoms with Gasteiger partial charge in [0.15, 0.2) is 0 Å². The SMILES string of the molecule is CC(C)C(CNCc1ccc(F)cc1Br)C(C)C. The van der Waals surface area contributed by atoms with E-state index in [2.05, 4.69) is 48.9 Å². The van der Waals surface area contributed by atoms with Gasteiger partial charge in [-0.2, -0.15) is 0 Å². The zero-order valence-corrected chi connectivity index (χ0v) is 13.2. The number of hydrogen-bond acceptors (Lipinski definition) is 1. The van der Waals surface area contributed by atoms with Crippen molar-refractivity contribution in [2.24, 2.45) is 17.8 Å². The highest BCUT2D eigenvalue weighted by molar-refractivity contribution is 9.10. The third kappa shape index (κ3) is 4.69.